The standard InChI is InChI=1S/C10H19NO3S.ClH/c1-10(2)7-14-9(11-10)8-5-3-4-6-15(8,12)13;/h8-9,11H,3-7H2,1-2H3;1H. The molecular weight excluding hydrogens is 250 g/mol. The molecule has 0 spiro atoms. The predicted octanol–water partition coefficient (Wildman–Crippen LogP) is 1.10. The fourth-order valence-corrected chi connectivity index (χ4v) is 4.24. The second kappa shape index (κ2) is 4.80. The van der Waals surface area contributed by atoms with E-state index >= 15 is 0 Å². The van der Waals surface area contributed by atoms with E-state index in [1.807, 2.05) is 13.8 Å². The zero-order valence-corrected chi connectivity index (χ0v) is 11.4. The summed E-state index contributed by atoms with van der Waals surface area (Å²) in [5.41, 5.74) is -0.0996. The number of ether oxygens (including phenoxy) is 1. The first kappa shape index (κ1) is 14.2. The number of hydrogen-bond acceptors (Lipinski definition) is 4. The molecule has 0 amide bonds. The van der Waals surface area contributed by atoms with Gasteiger partial charge in [-0.15, -0.1) is 12.4 Å². The van der Waals surface area contributed by atoms with Crippen LogP contribution in [0, 0.1) is 0 Å². The quantitative estimate of drug-likeness (QED) is 0.775. The molecule has 2 saturated heterocycles. The van der Waals surface area contributed by atoms with Gasteiger partial charge in [0.15, 0.2) is 9.84 Å². The Morgan fingerprint density at radius 3 is 2.50 bits per heavy atom. The summed E-state index contributed by atoms with van der Waals surface area (Å²) < 4.78 is 29.3. The first-order chi connectivity index (χ1) is 6.91. The van der Waals surface area contributed by atoms with Gasteiger partial charge < -0.3 is 4.74 Å². The van der Waals surface area contributed by atoms with Crippen LogP contribution in [0.5, 0.6) is 0 Å². The summed E-state index contributed by atoms with van der Waals surface area (Å²) in [7, 11) is -2.94. The zero-order chi connectivity index (χ0) is 11.1. The number of hydrogen-bond donors (Lipinski definition) is 1. The third kappa shape index (κ3) is 2.88. The van der Waals surface area contributed by atoms with Crippen LogP contribution in [0.1, 0.15) is 33.1 Å². The molecule has 2 unspecified atom stereocenters. The van der Waals surface area contributed by atoms with Gasteiger partial charge in [0, 0.05) is 5.54 Å². The SMILES string of the molecule is CC1(C)COC(C2CCCCS2(=O)=O)N1.Cl. The van der Waals surface area contributed by atoms with Crippen LogP contribution >= 0.6 is 12.4 Å². The van der Waals surface area contributed by atoms with Crippen LogP contribution in [-0.2, 0) is 14.6 Å². The smallest absolute Gasteiger partial charge is 0.157 e. The fourth-order valence-electron chi connectivity index (χ4n) is 2.29. The Morgan fingerprint density at radius 2 is 2.00 bits per heavy atom. The molecule has 6 heteroatoms. The molecular formula is C10H20ClNO3S. The topological polar surface area (TPSA) is 55.4 Å². The van der Waals surface area contributed by atoms with Crippen LogP contribution in [0.3, 0.4) is 0 Å². The van der Waals surface area contributed by atoms with Gasteiger partial charge in [-0.2, -0.15) is 0 Å². The molecule has 2 fully saturated rings. The van der Waals surface area contributed by atoms with E-state index in [1.165, 1.54) is 0 Å². The normalized spacial score (nSPS) is 36.6. The summed E-state index contributed by atoms with van der Waals surface area (Å²) in [6.07, 6.45) is 2.22. The monoisotopic (exact) mass is 269 g/mol. The zero-order valence-electron chi connectivity index (χ0n) is 9.73. The summed E-state index contributed by atoms with van der Waals surface area (Å²) in [6, 6.07) is 0. The molecule has 0 radical (unpaired) electrons. The van der Waals surface area contributed by atoms with E-state index in [4.69, 9.17) is 4.74 Å². The van der Waals surface area contributed by atoms with E-state index in [9.17, 15) is 8.42 Å². The van der Waals surface area contributed by atoms with Crippen LogP contribution in [0.4, 0.5) is 0 Å². The van der Waals surface area contributed by atoms with Gasteiger partial charge in [-0.3, -0.25) is 5.32 Å². The van der Waals surface area contributed by atoms with Gasteiger partial charge in [-0.05, 0) is 26.7 Å². The lowest BCUT2D eigenvalue weighted by atomic mass is 10.1. The Hall–Kier alpha value is 0.160. The number of sulfone groups is 1. The predicted molar refractivity (Wildman–Crippen MR) is 65.6 cm³/mol. The maximum absolute atomic E-state index is 11.9. The van der Waals surface area contributed by atoms with Crippen LogP contribution in [0.25, 0.3) is 0 Å². The summed E-state index contributed by atoms with van der Waals surface area (Å²) >= 11 is 0. The average Bonchev–Trinajstić information content (AvgIpc) is 2.45. The Bertz CT molecular complexity index is 342. The first-order valence-corrected chi connectivity index (χ1v) is 7.23. The molecule has 1 N–H and O–H groups in total. The molecule has 0 aromatic rings. The van der Waals surface area contributed by atoms with Crippen molar-refractivity contribution in [1.82, 2.24) is 5.32 Å². The molecule has 2 heterocycles. The lowest BCUT2D eigenvalue weighted by molar-refractivity contribution is 0.0909. The van der Waals surface area contributed by atoms with Crippen molar-refractivity contribution in [1.29, 1.82) is 0 Å². The van der Waals surface area contributed by atoms with Crippen molar-refractivity contribution in [2.24, 2.45) is 0 Å². The van der Waals surface area contributed by atoms with Gasteiger partial charge in [0.25, 0.3) is 0 Å². The molecule has 16 heavy (non-hydrogen) atoms. The van der Waals surface area contributed by atoms with Crippen LogP contribution < -0.4 is 5.32 Å². The maximum atomic E-state index is 11.9. The summed E-state index contributed by atoms with van der Waals surface area (Å²) in [5.74, 6) is 0.319. The average molecular weight is 270 g/mol. The summed E-state index contributed by atoms with van der Waals surface area (Å²) in [4.78, 5) is 0. The van der Waals surface area contributed by atoms with E-state index in [2.05, 4.69) is 5.32 Å². The van der Waals surface area contributed by atoms with Crippen LogP contribution in [0.2, 0.25) is 0 Å². The Labute approximate surface area is 103 Å². The highest BCUT2D eigenvalue weighted by Gasteiger charge is 2.42. The molecule has 2 rings (SSSR count). The first-order valence-electron chi connectivity index (χ1n) is 5.52. The molecule has 0 aromatic carbocycles. The lowest BCUT2D eigenvalue weighted by Gasteiger charge is -2.28. The van der Waals surface area contributed by atoms with Crippen LogP contribution in [0.15, 0.2) is 0 Å². The van der Waals surface area contributed by atoms with Gasteiger partial charge in [0.2, 0.25) is 0 Å². The van der Waals surface area contributed by atoms with E-state index in [0.29, 0.717) is 12.4 Å². The Balaban J connectivity index is 0.00000128. The third-order valence-corrected chi connectivity index (χ3v) is 5.39. The highest BCUT2D eigenvalue weighted by Crippen LogP contribution is 2.27. The minimum atomic E-state index is -2.94. The van der Waals surface area contributed by atoms with E-state index in [0.717, 1.165) is 19.3 Å². The van der Waals surface area contributed by atoms with Gasteiger partial charge in [0.1, 0.15) is 11.5 Å². The lowest BCUT2D eigenvalue weighted by Crippen LogP contribution is -2.48. The molecule has 96 valence electrons. The van der Waals surface area contributed by atoms with E-state index in [-0.39, 0.29) is 29.4 Å². The molecule has 2 aliphatic rings. The van der Waals surface area contributed by atoms with E-state index in [1.54, 1.807) is 0 Å². The fraction of sp³-hybridized carbons (Fsp3) is 1.00. The number of nitrogens with one attached hydrogen (secondary N) is 1. The minimum Gasteiger partial charge on any atom is -0.360 e. The number of rotatable bonds is 1. The highest BCUT2D eigenvalue weighted by molar-refractivity contribution is 7.92. The molecule has 0 aromatic heterocycles. The van der Waals surface area contributed by atoms with Gasteiger partial charge in [-0.25, -0.2) is 8.42 Å². The molecule has 0 aliphatic carbocycles. The van der Waals surface area contributed by atoms with Gasteiger partial charge >= 0.3 is 0 Å². The van der Waals surface area contributed by atoms with E-state index < -0.39 is 9.84 Å². The van der Waals surface area contributed by atoms with Gasteiger partial charge in [-0.1, -0.05) is 6.42 Å². The van der Waals surface area contributed by atoms with Crippen molar-refractivity contribution < 1.29 is 13.2 Å². The third-order valence-electron chi connectivity index (χ3n) is 3.12. The minimum absolute atomic E-state index is 0. The molecule has 0 saturated carbocycles. The summed E-state index contributed by atoms with van der Waals surface area (Å²) in [5, 5.41) is 2.91. The van der Waals surface area contributed by atoms with Crippen molar-refractivity contribution in [3.63, 3.8) is 0 Å². The highest BCUT2D eigenvalue weighted by atomic mass is 35.5. The Morgan fingerprint density at radius 1 is 1.31 bits per heavy atom. The van der Waals surface area contributed by atoms with Crippen molar-refractivity contribution in [3.8, 4) is 0 Å². The Kier molecular flexibility index (Phi) is 4.27. The van der Waals surface area contributed by atoms with Crippen molar-refractivity contribution in [3.05, 3.63) is 0 Å². The van der Waals surface area contributed by atoms with Gasteiger partial charge in [0.05, 0.1) is 12.4 Å². The molecule has 4 nitrogen and oxygen atoms in total. The molecule has 2 aliphatic heterocycles. The second-order valence-corrected chi connectivity index (χ2v) is 7.50. The largest absolute Gasteiger partial charge is 0.360 e. The second-order valence-electron chi connectivity index (χ2n) is 5.16. The van der Waals surface area contributed by atoms with Crippen LogP contribution in [-0.4, -0.2) is 37.8 Å². The number of halogens is 1. The molecule has 0 bridgehead atoms. The summed E-state index contributed by atoms with van der Waals surface area (Å²) in [6.45, 7) is 4.65. The molecule has 2 atom stereocenters. The van der Waals surface area contributed by atoms with Crippen molar-refractivity contribution >= 4 is 22.2 Å². The maximum Gasteiger partial charge on any atom is 0.157 e. The van der Waals surface area contributed by atoms with Crippen molar-refractivity contribution in [2.45, 2.75) is 50.1 Å². The van der Waals surface area contributed by atoms with Crippen molar-refractivity contribution in [2.75, 3.05) is 12.4 Å².